The Morgan fingerprint density at radius 1 is 1.20 bits per heavy atom. The Morgan fingerprint density at radius 3 is 2.50 bits per heavy atom. The Balaban J connectivity index is 2.10. The lowest BCUT2D eigenvalue weighted by atomic mass is 9.67. The summed E-state index contributed by atoms with van der Waals surface area (Å²) < 4.78 is 26.7. The van der Waals surface area contributed by atoms with E-state index in [0.717, 1.165) is 25.3 Å². The third-order valence-corrected chi connectivity index (χ3v) is 4.66. The molecule has 0 saturated heterocycles. The third kappa shape index (κ3) is 3.57. The van der Waals surface area contributed by atoms with Gasteiger partial charge < -0.3 is 5.11 Å². The molecule has 20 heavy (non-hydrogen) atoms. The maximum atomic E-state index is 13.7. The van der Waals surface area contributed by atoms with E-state index in [1.165, 1.54) is 12.1 Å². The van der Waals surface area contributed by atoms with Crippen molar-refractivity contribution in [2.45, 2.75) is 52.6 Å². The molecule has 0 amide bonds. The zero-order chi connectivity index (χ0) is 14.9. The van der Waals surface area contributed by atoms with Gasteiger partial charge in [0.05, 0.1) is 6.10 Å². The lowest BCUT2D eigenvalue weighted by Gasteiger charge is -2.40. The zero-order valence-corrected chi connectivity index (χ0v) is 12.5. The van der Waals surface area contributed by atoms with Crippen LogP contribution in [0.2, 0.25) is 0 Å². The molecule has 112 valence electrons. The van der Waals surface area contributed by atoms with Gasteiger partial charge in [-0.2, -0.15) is 0 Å². The van der Waals surface area contributed by atoms with Crippen LogP contribution in [0.15, 0.2) is 18.2 Å². The highest BCUT2D eigenvalue weighted by atomic mass is 19.1. The third-order valence-electron chi connectivity index (χ3n) is 4.66. The Morgan fingerprint density at radius 2 is 1.90 bits per heavy atom. The van der Waals surface area contributed by atoms with Crippen molar-refractivity contribution in [2.75, 3.05) is 0 Å². The van der Waals surface area contributed by atoms with Crippen LogP contribution in [0.1, 0.15) is 45.6 Å². The van der Waals surface area contributed by atoms with Crippen molar-refractivity contribution in [3.63, 3.8) is 0 Å². The summed E-state index contributed by atoms with van der Waals surface area (Å²) in [5.41, 5.74) is 0.713. The minimum Gasteiger partial charge on any atom is -0.393 e. The highest BCUT2D eigenvalue weighted by Gasteiger charge is 2.35. The first-order valence-corrected chi connectivity index (χ1v) is 7.39. The maximum absolute atomic E-state index is 13.7. The number of rotatable bonds is 2. The summed E-state index contributed by atoms with van der Waals surface area (Å²) in [4.78, 5) is 0. The molecule has 0 bridgehead atoms. The number of hydrogen-bond acceptors (Lipinski definition) is 1. The fraction of sp³-hybridized carbons (Fsp3) is 0.647. The maximum Gasteiger partial charge on any atom is 0.129 e. The van der Waals surface area contributed by atoms with E-state index in [1.807, 2.05) is 0 Å². The first kappa shape index (κ1) is 15.4. The second kappa shape index (κ2) is 5.80. The predicted molar refractivity (Wildman–Crippen MR) is 76.4 cm³/mol. The van der Waals surface area contributed by atoms with Gasteiger partial charge in [0, 0.05) is 6.07 Å². The molecule has 0 radical (unpaired) electrons. The van der Waals surface area contributed by atoms with E-state index >= 15 is 0 Å². The van der Waals surface area contributed by atoms with Crippen LogP contribution < -0.4 is 0 Å². The van der Waals surface area contributed by atoms with Gasteiger partial charge in [0.25, 0.3) is 0 Å². The van der Waals surface area contributed by atoms with Crippen LogP contribution in [-0.2, 0) is 6.42 Å². The van der Waals surface area contributed by atoms with Gasteiger partial charge in [0.1, 0.15) is 11.6 Å². The van der Waals surface area contributed by atoms with Crippen LogP contribution in [0, 0.1) is 28.9 Å². The topological polar surface area (TPSA) is 20.2 Å². The predicted octanol–water partition coefficient (Wildman–Crippen LogP) is 4.33. The minimum atomic E-state index is -0.553. The number of aliphatic hydroxyl groups excluding tert-OH is 1. The number of aliphatic hydroxyl groups is 1. The zero-order valence-electron chi connectivity index (χ0n) is 12.5. The Kier molecular flexibility index (Phi) is 4.48. The lowest BCUT2D eigenvalue weighted by Crippen LogP contribution is -2.35. The van der Waals surface area contributed by atoms with Gasteiger partial charge in [-0.25, -0.2) is 8.78 Å². The molecule has 1 aliphatic carbocycles. The molecule has 0 aliphatic heterocycles. The number of hydrogen-bond donors (Lipinski definition) is 1. The Bertz CT molecular complexity index is 465. The Hall–Kier alpha value is -0.960. The van der Waals surface area contributed by atoms with Crippen molar-refractivity contribution in [1.29, 1.82) is 0 Å². The lowest BCUT2D eigenvalue weighted by molar-refractivity contribution is 0.0193. The number of halogens is 2. The first-order chi connectivity index (χ1) is 9.27. The summed E-state index contributed by atoms with van der Waals surface area (Å²) in [7, 11) is 0. The SMILES string of the molecule is CC(C)(C)C1CCC(O)C(Cc2ccc(F)cc2F)C1. The molecule has 1 nitrogen and oxygen atoms in total. The molecule has 1 aliphatic rings. The molecule has 1 aromatic rings. The van der Waals surface area contributed by atoms with Gasteiger partial charge in [0.15, 0.2) is 0 Å². The standard InChI is InChI=1S/C17H24F2O/c1-17(2,3)13-5-7-16(20)12(9-13)8-11-4-6-14(18)10-15(11)19/h4,6,10,12-13,16,20H,5,7-9H2,1-3H3. The average Bonchev–Trinajstić information content (AvgIpc) is 2.33. The second-order valence-electron chi connectivity index (χ2n) is 7.14. The van der Waals surface area contributed by atoms with Crippen LogP contribution in [0.5, 0.6) is 0 Å². The van der Waals surface area contributed by atoms with Crippen molar-refractivity contribution in [1.82, 2.24) is 0 Å². The second-order valence-corrected chi connectivity index (χ2v) is 7.14. The first-order valence-electron chi connectivity index (χ1n) is 7.39. The normalized spacial score (nSPS) is 27.6. The minimum absolute atomic E-state index is 0.0629. The van der Waals surface area contributed by atoms with Crippen molar-refractivity contribution in [3.05, 3.63) is 35.4 Å². The highest BCUT2D eigenvalue weighted by Crippen LogP contribution is 2.41. The molecule has 3 atom stereocenters. The molecule has 0 aromatic heterocycles. The van der Waals surface area contributed by atoms with E-state index in [2.05, 4.69) is 20.8 Å². The van der Waals surface area contributed by atoms with Gasteiger partial charge >= 0.3 is 0 Å². The van der Waals surface area contributed by atoms with Gasteiger partial charge in [-0.15, -0.1) is 0 Å². The molecule has 3 heteroatoms. The molecular formula is C17H24F2O. The monoisotopic (exact) mass is 282 g/mol. The van der Waals surface area contributed by atoms with Crippen molar-refractivity contribution in [2.24, 2.45) is 17.3 Å². The van der Waals surface area contributed by atoms with Gasteiger partial charge in [-0.05, 0) is 54.6 Å². The largest absolute Gasteiger partial charge is 0.393 e. The van der Waals surface area contributed by atoms with Crippen LogP contribution >= 0.6 is 0 Å². The highest BCUT2D eigenvalue weighted by molar-refractivity contribution is 5.19. The molecule has 2 rings (SSSR count). The summed E-state index contributed by atoms with van der Waals surface area (Å²) in [5.74, 6) is -0.453. The van der Waals surface area contributed by atoms with Crippen LogP contribution in [0.3, 0.4) is 0 Å². The molecule has 3 unspecified atom stereocenters. The van der Waals surface area contributed by atoms with E-state index in [0.29, 0.717) is 17.9 Å². The van der Waals surface area contributed by atoms with Gasteiger partial charge in [-0.1, -0.05) is 26.8 Å². The summed E-state index contributed by atoms with van der Waals surface area (Å²) in [6.07, 6.45) is 2.81. The van der Waals surface area contributed by atoms with E-state index in [9.17, 15) is 13.9 Å². The summed E-state index contributed by atoms with van der Waals surface area (Å²) in [5, 5.41) is 10.2. The fourth-order valence-electron chi connectivity index (χ4n) is 3.22. The van der Waals surface area contributed by atoms with Crippen molar-refractivity contribution >= 4 is 0 Å². The molecule has 1 fully saturated rings. The van der Waals surface area contributed by atoms with Crippen LogP contribution in [0.4, 0.5) is 8.78 Å². The smallest absolute Gasteiger partial charge is 0.129 e. The fourth-order valence-corrected chi connectivity index (χ4v) is 3.22. The molecular weight excluding hydrogens is 258 g/mol. The van der Waals surface area contributed by atoms with Gasteiger partial charge in [-0.3, -0.25) is 0 Å². The van der Waals surface area contributed by atoms with Crippen molar-refractivity contribution in [3.8, 4) is 0 Å². The number of benzene rings is 1. The molecule has 1 aromatic carbocycles. The summed E-state index contributed by atoms with van der Waals surface area (Å²) in [6.45, 7) is 6.64. The van der Waals surface area contributed by atoms with Crippen LogP contribution in [-0.4, -0.2) is 11.2 Å². The Labute approximate surface area is 120 Å². The molecule has 1 N–H and O–H groups in total. The quantitative estimate of drug-likeness (QED) is 0.856. The summed E-state index contributed by atoms with van der Waals surface area (Å²) >= 11 is 0. The van der Waals surface area contributed by atoms with Crippen LogP contribution in [0.25, 0.3) is 0 Å². The van der Waals surface area contributed by atoms with E-state index in [4.69, 9.17) is 0 Å². The van der Waals surface area contributed by atoms with Crippen molar-refractivity contribution < 1.29 is 13.9 Å². The average molecular weight is 282 g/mol. The molecule has 0 heterocycles. The summed E-state index contributed by atoms with van der Waals surface area (Å²) in [6, 6.07) is 3.71. The van der Waals surface area contributed by atoms with E-state index in [1.54, 1.807) is 0 Å². The van der Waals surface area contributed by atoms with E-state index < -0.39 is 11.6 Å². The van der Waals surface area contributed by atoms with Gasteiger partial charge in [0.2, 0.25) is 0 Å². The van der Waals surface area contributed by atoms with E-state index in [-0.39, 0.29) is 17.4 Å². The molecule has 1 saturated carbocycles. The molecule has 0 spiro atoms.